The van der Waals surface area contributed by atoms with Gasteiger partial charge in [-0.2, -0.15) is 0 Å². The highest BCUT2D eigenvalue weighted by atomic mass is 16.6. The van der Waals surface area contributed by atoms with Crippen molar-refractivity contribution in [2.75, 3.05) is 33.5 Å². The first-order valence-electron chi connectivity index (χ1n) is 8.59. The fraction of sp³-hybridized carbons (Fsp3) is 0.737. The molecule has 2 atom stereocenters. The largest absolute Gasteiger partial charge is 0.463 e. The molecule has 1 aliphatic rings. The summed E-state index contributed by atoms with van der Waals surface area (Å²) in [5.74, 6) is -0.167. The molecule has 1 rings (SSSR count). The smallest absolute Gasteiger partial charge is 0.306 e. The van der Waals surface area contributed by atoms with Crippen molar-refractivity contribution in [2.24, 2.45) is 11.3 Å². The summed E-state index contributed by atoms with van der Waals surface area (Å²) in [7, 11) is 1.61. The van der Waals surface area contributed by atoms with Crippen LogP contribution in [0.3, 0.4) is 0 Å². The number of rotatable bonds is 9. The summed E-state index contributed by atoms with van der Waals surface area (Å²) >= 11 is 0. The number of aliphatic hydroxyl groups is 1. The molecule has 0 spiro atoms. The van der Waals surface area contributed by atoms with Crippen LogP contribution in [-0.4, -0.2) is 50.7 Å². The highest BCUT2D eigenvalue weighted by Gasteiger charge is 2.29. The van der Waals surface area contributed by atoms with E-state index in [-0.39, 0.29) is 23.9 Å². The van der Waals surface area contributed by atoms with Gasteiger partial charge in [0.15, 0.2) is 0 Å². The fourth-order valence-corrected chi connectivity index (χ4v) is 2.64. The van der Waals surface area contributed by atoms with Crippen LogP contribution in [0.1, 0.15) is 40.5 Å². The first-order chi connectivity index (χ1) is 11.3. The fourth-order valence-electron chi connectivity index (χ4n) is 2.64. The lowest BCUT2D eigenvalue weighted by atomic mass is 9.75. The molecular weight excluding hydrogens is 308 g/mol. The second-order valence-corrected chi connectivity index (χ2v) is 7.22. The van der Waals surface area contributed by atoms with Gasteiger partial charge in [0.05, 0.1) is 25.9 Å². The number of aliphatic hydroxyl groups excluding tert-OH is 1. The monoisotopic (exact) mass is 340 g/mol. The summed E-state index contributed by atoms with van der Waals surface area (Å²) in [6, 6.07) is 0. The summed E-state index contributed by atoms with van der Waals surface area (Å²) in [6.07, 6.45) is 4.58. The molecule has 0 amide bonds. The average molecular weight is 340 g/mol. The molecule has 0 heterocycles. The van der Waals surface area contributed by atoms with Crippen molar-refractivity contribution >= 4 is 5.97 Å². The summed E-state index contributed by atoms with van der Waals surface area (Å²) < 4.78 is 15.3. The number of esters is 1. The van der Waals surface area contributed by atoms with Gasteiger partial charge in [0.2, 0.25) is 0 Å². The van der Waals surface area contributed by atoms with E-state index < -0.39 is 6.10 Å². The van der Waals surface area contributed by atoms with Crippen LogP contribution in [-0.2, 0) is 19.0 Å². The molecule has 0 radical (unpaired) electrons. The van der Waals surface area contributed by atoms with E-state index in [1.54, 1.807) is 7.11 Å². The molecule has 138 valence electrons. The maximum absolute atomic E-state index is 11.8. The molecule has 1 aliphatic carbocycles. The molecular formula is C19H32O5. The Kier molecular flexibility index (Phi) is 8.67. The highest BCUT2D eigenvalue weighted by Crippen LogP contribution is 2.36. The van der Waals surface area contributed by atoms with Crippen LogP contribution < -0.4 is 0 Å². The van der Waals surface area contributed by atoms with E-state index in [1.165, 1.54) is 0 Å². The van der Waals surface area contributed by atoms with Crippen LogP contribution in [0.4, 0.5) is 0 Å². The zero-order valence-corrected chi connectivity index (χ0v) is 15.6. The van der Waals surface area contributed by atoms with E-state index >= 15 is 0 Å². The maximum Gasteiger partial charge on any atom is 0.306 e. The quantitative estimate of drug-likeness (QED) is 0.516. The number of methoxy groups -OCH3 is 1. The van der Waals surface area contributed by atoms with Gasteiger partial charge >= 0.3 is 5.97 Å². The van der Waals surface area contributed by atoms with E-state index in [4.69, 9.17) is 14.2 Å². The van der Waals surface area contributed by atoms with Crippen molar-refractivity contribution in [2.45, 2.75) is 46.6 Å². The minimum absolute atomic E-state index is 0.0597. The SMILES string of the molecule is COCCOCCOC(=O)CCC1=CC(C)C(O)C(C(C)(C)C)=C1. The highest BCUT2D eigenvalue weighted by molar-refractivity contribution is 5.69. The third kappa shape index (κ3) is 7.16. The molecule has 0 aromatic heterocycles. The Bertz CT molecular complexity index is 459. The molecule has 5 heteroatoms. The second kappa shape index (κ2) is 9.97. The Morgan fingerprint density at radius 1 is 1.21 bits per heavy atom. The Morgan fingerprint density at radius 3 is 2.50 bits per heavy atom. The molecule has 0 aliphatic heterocycles. The van der Waals surface area contributed by atoms with Crippen LogP contribution in [0, 0.1) is 11.3 Å². The molecule has 0 aromatic rings. The van der Waals surface area contributed by atoms with Crippen LogP contribution in [0.5, 0.6) is 0 Å². The number of allylic oxidation sites excluding steroid dienone is 2. The molecule has 0 bridgehead atoms. The Hall–Kier alpha value is -1.17. The summed E-state index contributed by atoms with van der Waals surface area (Å²) in [6.45, 7) is 9.96. The van der Waals surface area contributed by atoms with Gasteiger partial charge in [-0.05, 0) is 17.4 Å². The number of ether oxygens (including phenoxy) is 3. The Morgan fingerprint density at radius 2 is 1.88 bits per heavy atom. The van der Waals surface area contributed by atoms with Crippen LogP contribution >= 0.6 is 0 Å². The van der Waals surface area contributed by atoms with Crippen molar-refractivity contribution in [1.29, 1.82) is 0 Å². The standard InChI is InChI=1S/C19H32O5/c1-14-12-15(13-16(18(14)21)19(2,3)4)6-7-17(20)24-11-10-23-9-8-22-5/h12-14,18,21H,6-11H2,1-5H3. The van der Waals surface area contributed by atoms with Gasteiger partial charge < -0.3 is 19.3 Å². The van der Waals surface area contributed by atoms with Gasteiger partial charge in [-0.25, -0.2) is 0 Å². The van der Waals surface area contributed by atoms with Gasteiger partial charge in [-0.1, -0.05) is 45.4 Å². The first-order valence-corrected chi connectivity index (χ1v) is 8.59. The van der Waals surface area contributed by atoms with Crippen molar-refractivity contribution in [1.82, 2.24) is 0 Å². The van der Waals surface area contributed by atoms with Gasteiger partial charge in [-0.15, -0.1) is 0 Å². The van der Waals surface area contributed by atoms with Gasteiger partial charge in [0.25, 0.3) is 0 Å². The summed E-state index contributed by atoms with van der Waals surface area (Å²) in [4.78, 5) is 11.8. The van der Waals surface area contributed by atoms with Crippen molar-refractivity contribution < 1.29 is 24.1 Å². The van der Waals surface area contributed by atoms with Crippen molar-refractivity contribution in [3.63, 3.8) is 0 Å². The Labute approximate surface area is 145 Å². The second-order valence-electron chi connectivity index (χ2n) is 7.22. The van der Waals surface area contributed by atoms with Crippen LogP contribution in [0.2, 0.25) is 0 Å². The van der Waals surface area contributed by atoms with Crippen LogP contribution in [0.15, 0.2) is 23.3 Å². The predicted octanol–water partition coefficient (Wildman–Crippen LogP) is 2.88. The van der Waals surface area contributed by atoms with E-state index in [0.29, 0.717) is 32.7 Å². The third-order valence-corrected chi connectivity index (χ3v) is 4.04. The molecule has 5 nitrogen and oxygen atoms in total. The minimum atomic E-state index is -0.454. The molecule has 2 unspecified atom stereocenters. The normalized spacial score (nSPS) is 21.2. The first kappa shape index (κ1) is 20.9. The lowest BCUT2D eigenvalue weighted by molar-refractivity contribution is -0.145. The zero-order chi connectivity index (χ0) is 18.2. The third-order valence-electron chi connectivity index (χ3n) is 4.04. The summed E-state index contributed by atoms with van der Waals surface area (Å²) in [5, 5.41) is 10.3. The number of hydrogen-bond acceptors (Lipinski definition) is 5. The lowest BCUT2D eigenvalue weighted by Gasteiger charge is -2.33. The molecule has 0 aromatic carbocycles. The average Bonchev–Trinajstić information content (AvgIpc) is 2.50. The number of hydrogen-bond donors (Lipinski definition) is 1. The van der Waals surface area contributed by atoms with E-state index in [2.05, 4.69) is 20.8 Å². The number of carbonyl (C=O) groups is 1. The van der Waals surface area contributed by atoms with E-state index in [0.717, 1.165) is 11.1 Å². The number of carbonyl (C=O) groups excluding carboxylic acids is 1. The minimum Gasteiger partial charge on any atom is -0.463 e. The molecule has 0 fully saturated rings. The topological polar surface area (TPSA) is 65.0 Å². The van der Waals surface area contributed by atoms with Crippen LogP contribution in [0.25, 0.3) is 0 Å². The lowest BCUT2D eigenvalue weighted by Crippen LogP contribution is -2.29. The van der Waals surface area contributed by atoms with Crippen molar-refractivity contribution in [3.8, 4) is 0 Å². The molecule has 24 heavy (non-hydrogen) atoms. The summed E-state index contributed by atoms with van der Waals surface area (Å²) in [5.41, 5.74) is 2.02. The van der Waals surface area contributed by atoms with E-state index in [9.17, 15) is 9.90 Å². The van der Waals surface area contributed by atoms with Gasteiger partial charge in [-0.3, -0.25) is 4.79 Å². The molecule has 0 saturated heterocycles. The van der Waals surface area contributed by atoms with Gasteiger partial charge in [0.1, 0.15) is 6.61 Å². The Balaban J connectivity index is 2.39. The van der Waals surface area contributed by atoms with Gasteiger partial charge in [0, 0.05) is 19.4 Å². The predicted molar refractivity (Wildman–Crippen MR) is 93.7 cm³/mol. The van der Waals surface area contributed by atoms with E-state index in [1.807, 2.05) is 19.1 Å². The van der Waals surface area contributed by atoms with Crippen molar-refractivity contribution in [3.05, 3.63) is 23.3 Å². The molecule has 1 N–H and O–H groups in total. The maximum atomic E-state index is 11.8. The zero-order valence-electron chi connectivity index (χ0n) is 15.6. The molecule has 0 saturated carbocycles.